The molecule has 0 radical (unpaired) electrons. The molecule has 1 atom stereocenters. The number of pyridine rings is 1. The number of halogens is 1. The second kappa shape index (κ2) is 6.83. The molecule has 1 rings (SSSR count). The van der Waals surface area contributed by atoms with Crippen LogP contribution in [0.4, 0.5) is 0 Å². The lowest BCUT2D eigenvalue weighted by molar-refractivity contribution is -0.172. The molecule has 1 aromatic rings. The summed E-state index contributed by atoms with van der Waals surface area (Å²) in [6.07, 6.45) is 3.21. The van der Waals surface area contributed by atoms with E-state index in [-0.39, 0.29) is 13.0 Å². The van der Waals surface area contributed by atoms with Crippen molar-refractivity contribution in [1.82, 2.24) is 4.98 Å². The van der Waals surface area contributed by atoms with Crippen LogP contribution in [0.25, 0.3) is 0 Å². The molecule has 0 aliphatic rings. The summed E-state index contributed by atoms with van der Waals surface area (Å²) in [7, 11) is 0. The SMILES string of the molecule is CCOC(=O)C(Cc1cncc(Br)c1)(C(=O)O)C(C)C. The number of esters is 1. The van der Waals surface area contributed by atoms with Crippen LogP contribution in [0.3, 0.4) is 0 Å². The maximum Gasteiger partial charge on any atom is 0.324 e. The predicted octanol–water partition coefficient (Wildman–Crippen LogP) is 2.68. The molecule has 110 valence electrons. The summed E-state index contributed by atoms with van der Waals surface area (Å²) in [4.78, 5) is 27.9. The molecule has 20 heavy (non-hydrogen) atoms. The van der Waals surface area contributed by atoms with Crippen LogP contribution in [-0.2, 0) is 20.7 Å². The number of aromatic nitrogens is 1. The van der Waals surface area contributed by atoms with Crippen LogP contribution in [0.5, 0.6) is 0 Å². The van der Waals surface area contributed by atoms with Gasteiger partial charge >= 0.3 is 11.9 Å². The highest BCUT2D eigenvalue weighted by atomic mass is 79.9. The second-order valence-electron chi connectivity index (χ2n) is 4.84. The first-order valence-electron chi connectivity index (χ1n) is 6.34. The Morgan fingerprint density at radius 3 is 2.55 bits per heavy atom. The molecule has 1 N–H and O–H groups in total. The average Bonchev–Trinajstić information content (AvgIpc) is 2.35. The van der Waals surface area contributed by atoms with Gasteiger partial charge in [0.15, 0.2) is 5.41 Å². The van der Waals surface area contributed by atoms with Crippen LogP contribution >= 0.6 is 15.9 Å². The lowest BCUT2D eigenvalue weighted by Crippen LogP contribution is -2.47. The molecule has 5 nitrogen and oxygen atoms in total. The van der Waals surface area contributed by atoms with Gasteiger partial charge in [0.2, 0.25) is 0 Å². The van der Waals surface area contributed by atoms with E-state index in [4.69, 9.17) is 4.74 Å². The number of hydrogen-bond acceptors (Lipinski definition) is 4. The quantitative estimate of drug-likeness (QED) is 0.634. The van der Waals surface area contributed by atoms with Crippen molar-refractivity contribution in [3.8, 4) is 0 Å². The minimum atomic E-state index is -1.60. The number of carbonyl (C=O) groups excluding carboxylic acids is 1. The molecule has 6 heteroatoms. The fourth-order valence-electron chi connectivity index (χ4n) is 2.06. The first kappa shape index (κ1) is 16.6. The third-order valence-electron chi connectivity index (χ3n) is 3.25. The zero-order valence-electron chi connectivity index (χ0n) is 11.7. The van der Waals surface area contributed by atoms with Gasteiger partial charge in [-0.05, 0) is 40.4 Å². The van der Waals surface area contributed by atoms with Crippen molar-refractivity contribution >= 4 is 27.9 Å². The number of nitrogens with zero attached hydrogens (tertiary/aromatic N) is 1. The first-order valence-corrected chi connectivity index (χ1v) is 7.14. The number of carbonyl (C=O) groups is 2. The van der Waals surface area contributed by atoms with Crippen molar-refractivity contribution in [2.45, 2.75) is 27.2 Å². The smallest absolute Gasteiger partial charge is 0.324 e. The van der Waals surface area contributed by atoms with Gasteiger partial charge in [0.05, 0.1) is 6.61 Å². The molecule has 0 saturated carbocycles. The third kappa shape index (κ3) is 3.36. The molecule has 0 aromatic carbocycles. The monoisotopic (exact) mass is 343 g/mol. The average molecular weight is 344 g/mol. The van der Waals surface area contributed by atoms with Gasteiger partial charge < -0.3 is 9.84 Å². The minimum Gasteiger partial charge on any atom is -0.480 e. The maximum absolute atomic E-state index is 12.2. The Hall–Kier alpha value is -1.43. The molecule has 1 unspecified atom stereocenters. The summed E-state index contributed by atoms with van der Waals surface area (Å²) < 4.78 is 5.72. The molecule has 0 amide bonds. The van der Waals surface area contributed by atoms with Crippen molar-refractivity contribution < 1.29 is 19.4 Å². The van der Waals surface area contributed by atoms with E-state index in [1.54, 1.807) is 39.2 Å². The Kier molecular flexibility index (Phi) is 5.68. The number of carboxylic acid groups (broad SMARTS) is 1. The number of aliphatic carboxylic acids is 1. The predicted molar refractivity (Wildman–Crippen MR) is 77.2 cm³/mol. The van der Waals surface area contributed by atoms with Crippen LogP contribution in [0, 0.1) is 11.3 Å². The van der Waals surface area contributed by atoms with E-state index >= 15 is 0 Å². The summed E-state index contributed by atoms with van der Waals surface area (Å²) in [6, 6.07) is 1.76. The molecule has 0 bridgehead atoms. The second-order valence-corrected chi connectivity index (χ2v) is 5.76. The van der Waals surface area contributed by atoms with Gasteiger partial charge in [-0.2, -0.15) is 0 Å². The lowest BCUT2D eigenvalue weighted by Gasteiger charge is -2.30. The zero-order valence-corrected chi connectivity index (χ0v) is 13.3. The summed E-state index contributed by atoms with van der Waals surface area (Å²) in [5.41, 5.74) is -0.929. The van der Waals surface area contributed by atoms with Crippen LogP contribution in [-0.4, -0.2) is 28.6 Å². The molecule has 0 aliphatic heterocycles. The number of ether oxygens (including phenoxy) is 1. The molecular formula is C14H18BrNO4. The first-order chi connectivity index (χ1) is 9.34. The van der Waals surface area contributed by atoms with E-state index in [1.807, 2.05) is 0 Å². The molecule has 0 fully saturated rings. The standard InChI is InChI=1S/C14H18BrNO4/c1-4-20-13(19)14(9(2)3,12(17)18)6-10-5-11(15)8-16-7-10/h5,7-9H,4,6H2,1-3H3,(H,17,18). The largest absolute Gasteiger partial charge is 0.480 e. The number of carboxylic acids is 1. The molecule has 0 saturated heterocycles. The minimum absolute atomic E-state index is 0.0469. The molecule has 0 spiro atoms. The van der Waals surface area contributed by atoms with Gasteiger partial charge in [-0.3, -0.25) is 14.6 Å². The van der Waals surface area contributed by atoms with Crippen molar-refractivity contribution in [2.24, 2.45) is 11.3 Å². The van der Waals surface area contributed by atoms with E-state index in [9.17, 15) is 14.7 Å². The van der Waals surface area contributed by atoms with Crippen molar-refractivity contribution in [3.63, 3.8) is 0 Å². The Balaban J connectivity index is 3.23. The molecule has 0 aliphatic carbocycles. The van der Waals surface area contributed by atoms with E-state index in [0.29, 0.717) is 5.56 Å². The molecule has 1 heterocycles. The number of rotatable bonds is 6. The van der Waals surface area contributed by atoms with Gasteiger partial charge in [0.25, 0.3) is 0 Å². The van der Waals surface area contributed by atoms with Crippen LogP contribution in [0.1, 0.15) is 26.3 Å². The normalized spacial score (nSPS) is 13.8. The topological polar surface area (TPSA) is 76.5 Å². The highest BCUT2D eigenvalue weighted by Crippen LogP contribution is 2.34. The van der Waals surface area contributed by atoms with Gasteiger partial charge in [0, 0.05) is 23.3 Å². The Bertz CT molecular complexity index is 504. The Morgan fingerprint density at radius 2 is 2.10 bits per heavy atom. The van der Waals surface area contributed by atoms with E-state index in [2.05, 4.69) is 20.9 Å². The number of hydrogen-bond donors (Lipinski definition) is 1. The summed E-state index contributed by atoms with van der Waals surface area (Å²) in [6.45, 7) is 5.22. The lowest BCUT2D eigenvalue weighted by atomic mass is 9.73. The van der Waals surface area contributed by atoms with Crippen molar-refractivity contribution in [3.05, 3.63) is 28.5 Å². The van der Waals surface area contributed by atoms with Crippen molar-refractivity contribution in [2.75, 3.05) is 6.61 Å². The zero-order chi connectivity index (χ0) is 15.3. The highest BCUT2D eigenvalue weighted by Gasteiger charge is 2.50. The van der Waals surface area contributed by atoms with Crippen LogP contribution in [0.2, 0.25) is 0 Å². The third-order valence-corrected chi connectivity index (χ3v) is 3.69. The van der Waals surface area contributed by atoms with Crippen molar-refractivity contribution in [1.29, 1.82) is 0 Å². The van der Waals surface area contributed by atoms with Gasteiger partial charge in [-0.15, -0.1) is 0 Å². The Labute approximate surface area is 126 Å². The highest BCUT2D eigenvalue weighted by molar-refractivity contribution is 9.10. The van der Waals surface area contributed by atoms with Gasteiger partial charge in [-0.1, -0.05) is 13.8 Å². The van der Waals surface area contributed by atoms with Crippen LogP contribution < -0.4 is 0 Å². The fourth-order valence-corrected chi connectivity index (χ4v) is 2.47. The van der Waals surface area contributed by atoms with Gasteiger partial charge in [0.1, 0.15) is 0 Å². The molecule has 1 aromatic heterocycles. The van der Waals surface area contributed by atoms with E-state index in [0.717, 1.165) is 4.47 Å². The van der Waals surface area contributed by atoms with E-state index < -0.39 is 23.3 Å². The summed E-state index contributed by atoms with van der Waals surface area (Å²) in [5.74, 6) is -2.29. The fraction of sp³-hybridized carbons (Fsp3) is 0.500. The van der Waals surface area contributed by atoms with Gasteiger partial charge in [-0.25, -0.2) is 0 Å². The van der Waals surface area contributed by atoms with E-state index in [1.165, 1.54) is 0 Å². The Morgan fingerprint density at radius 1 is 1.45 bits per heavy atom. The maximum atomic E-state index is 12.2. The van der Waals surface area contributed by atoms with Crippen LogP contribution in [0.15, 0.2) is 22.9 Å². The molecular weight excluding hydrogens is 326 g/mol. The summed E-state index contributed by atoms with van der Waals surface area (Å²) in [5, 5.41) is 9.59. The summed E-state index contributed by atoms with van der Waals surface area (Å²) >= 11 is 3.29.